The van der Waals surface area contributed by atoms with Gasteiger partial charge in [-0.3, -0.25) is 0 Å². The van der Waals surface area contributed by atoms with Crippen molar-refractivity contribution in [2.24, 2.45) is 11.8 Å². The lowest BCUT2D eigenvalue weighted by Crippen LogP contribution is -2.28. The molecule has 2 rings (SSSR count). The molecule has 0 N–H and O–H groups in total. The molecular weight excluding hydrogens is 170 g/mol. The van der Waals surface area contributed by atoms with Crippen molar-refractivity contribution >= 4 is 0 Å². The lowest BCUT2D eigenvalue weighted by Gasteiger charge is -2.26. The van der Waals surface area contributed by atoms with Gasteiger partial charge >= 0.3 is 0 Å². The molecule has 0 aromatic heterocycles. The Kier molecular flexibility index (Phi) is 3.86. The van der Waals surface area contributed by atoms with Gasteiger partial charge in [0.05, 0.1) is 0 Å². The first-order valence-corrected chi connectivity index (χ1v) is 6.61. The van der Waals surface area contributed by atoms with Crippen molar-refractivity contribution in [2.75, 3.05) is 19.6 Å². The highest BCUT2D eigenvalue weighted by molar-refractivity contribution is 4.78. The van der Waals surface area contributed by atoms with Crippen LogP contribution in [0.4, 0.5) is 0 Å². The number of likely N-dealkylation sites (tertiary alicyclic amines) is 1. The fourth-order valence-corrected chi connectivity index (χ4v) is 3.15. The zero-order valence-corrected chi connectivity index (χ0v) is 9.67. The zero-order chi connectivity index (χ0) is 9.80. The van der Waals surface area contributed by atoms with Gasteiger partial charge < -0.3 is 4.90 Å². The maximum Gasteiger partial charge on any atom is 0.00101 e. The number of rotatable bonds is 3. The Balaban J connectivity index is 1.69. The molecular formula is C13H25N. The van der Waals surface area contributed by atoms with Crippen molar-refractivity contribution in [3.8, 4) is 0 Å². The van der Waals surface area contributed by atoms with E-state index in [1.54, 1.807) is 0 Å². The summed E-state index contributed by atoms with van der Waals surface area (Å²) in [5, 5.41) is 0. The summed E-state index contributed by atoms with van der Waals surface area (Å²) in [4.78, 5) is 2.73. The first-order valence-electron chi connectivity index (χ1n) is 6.61. The molecule has 1 saturated heterocycles. The minimum atomic E-state index is 1.01. The van der Waals surface area contributed by atoms with Gasteiger partial charge in [-0.2, -0.15) is 0 Å². The van der Waals surface area contributed by atoms with Crippen molar-refractivity contribution in [1.82, 2.24) is 4.90 Å². The fourth-order valence-electron chi connectivity index (χ4n) is 3.15. The number of nitrogens with zero attached hydrogens (tertiary/aromatic N) is 1. The third-order valence-electron chi connectivity index (χ3n) is 4.19. The van der Waals surface area contributed by atoms with Gasteiger partial charge in [-0.1, -0.05) is 32.6 Å². The molecule has 0 bridgehead atoms. The average Bonchev–Trinajstić information content (AvgIpc) is 2.67. The Bertz CT molecular complexity index is 161. The molecule has 2 fully saturated rings. The molecule has 0 aromatic carbocycles. The molecule has 1 heterocycles. The first kappa shape index (κ1) is 10.5. The van der Waals surface area contributed by atoms with Crippen LogP contribution >= 0.6 is 0 Å². The van der Waals surface area contributed by atoms with E-state index in [1.165, 1.54) is 64.6 Å². The van der Waals surface area contributed by atoms with Crippen molar-refractivity contribution in [1.29, 1.82) is 0 Å². The molecule has 1 nitrogen and oxygen atoms in total. The lowest BCUT2D eigenvalue weighted by molar-refractivity contribution is 0.227. The van der Waals surface area contributed by atoms with Crippen molar-refractivity contribution in [3.63, 3.8) is 0 Å². The summed E-state index contributed by atoms with van der Waals surface area (Å²) in [5.74, 6) is 2.05. The van der Waals surface area contributed by atoms with Gasteiger partial charge in [0.15, 0.2) is 0 Å². The van der Waals surface area contributed by atoms with Gasteiger partial charge in [0.2, 0.25) is 0 Å². The summed E-state index contributed by atoms with van der Waals surface area (Å²) in [5.41, 5.74) is 0. The average molecular weight is 195 g/mol. The van der Waals surface area contributed by atoms with E-state index < -0.39 is 0 Å². The maximum atomic E-state index is 2.73. The maximum absolute atomic E-state index is 2.73. The molecule has 1 heteroatoms. The van der Waals surface area contributed by atoms with Crippen LogP contribution in [-0.2, 0) is 0 Å². The minimum Gasteiger partial charge on any atom is -0.303 e. The van der Waals surface area contributed by atoms with Gasteiger partial charge in [0.1, 0.15) is 0 Å². The predicted molar refractivity (Wildman–Crippen MR) is 61.4 cm³/mol. The standard InChI is InChI=1S/C13H25N/c1-2-12-8-9-14(10-12)11-13-6-4-3-5-7-13/h12-13H,2-11H2,1H3. The minimum absolute atomic E-state index is 1.01. The van der Waals surface area contributed by atoms with Crippen LogP contribution in [0, 0.1) is 11.8 Å². The predicted octanol–water partition coefficient (Wildman–Crippen LogP) is 3.30. The highest BCUT2D eigenvalue weighted by Gasteiger charge is 2.23. The molecule has 1 unspecified atom stereocenters. The van der Waals surface area contributed by atoms with E-state index in [0.717, 1.165) is 11.8 Å². The van der Waals surface area contributed by atoms with E-state index in [9.17, 15) is 0 Å². The van der Waals surface area contributed by atoms with Crippen molar-refractivity contribution in [2.45, 2.75) is 51.9 Å². The van der Waals surface area contributed by atoms with E-state index in [0.29, 0.717) is 0 Å². The van der Waals surface area contributed by atoms with Crippen LogP contribution in [0.5, 0.6) is 0 Å². The Labute approximate surface area is 88.9 Å². The summed E-state index contributed by atoms with van der Waals surface area (Å²) in [7, 11) is 0. The van der Waals surface area contributed by atoms with Crippen LogP contribution in [0.1, 0.15) is 51.9 Å². The molecule has 0 aromatic rings. The third kappa shape index (κ3) is 2.73. The van der Waals surface area contributed by atoms with Crippen LogP contribution in [-0.4, -0.2) is 24.5 Å². The fraction of sp³-hybridized carbons (Fsp3) is 1.00. The second kappa shape index (κ2) is 5.16. The summed E-state index contributed by atoms with van der Waals surface area (Å²) < 4.78 is 0. The van der Waals surface area contributed by atoms with Gasteiger partial charge in [-0.15, -0.1) is 0 Å². The first-order chi connectivity index (χ1) is 6.88. The second-order valence-electron chi connectivity index (χ2n) is 5.33. The monoisotopic (exact) mass is 195 g/mol. The molecule has 1 atom stereocenters. The van der Waals surface area contributed by atoms with Crippen LogP contribution in [0.2, 0.25) is 0 Å². The molecule has 1 aliphatic carbocycles. The molecule has 1 saturated carbocycles. The van der Waals surface area contributed by atoms with Crippen molar-refractivity contribution in [3.05, 3.63) is 0 Å². The van der Waals surface area contributed by atoms with E-state index in [2.05, 4.69) is 11.8 Å². The van der Waals surface area contributed by atoms with Gasteiger partial charge in [0.25, 0.3) is 0 Å². The van der Waals surface area contributed by atoms with E-state index in [4.69, 9.17) is 0 Å². The quantitative estimate of drug-likeness (QED) is 0.668. The van der Waals surface area contributed by atoms with Crippen molar-refractivity contribution < 1.29 is 0 Å². The molecule has 0 spiro atoms. The van der Waals surface area contributed by atoms with E-state index in [-0.39, 0.29) is 0 Å². The highest BCUT2D eigenvalue weighted by atomic mass is 15.1. The number of hydrogen-bond acceptors (Lipinski definition) is 1. The van der Waals surface area contributed by atoms with E-state index >= 15 is 0 Å². The summed E-state index contributed by atoms with van der Waals surface area (Å²) in [6, 6.07) is 0. The van der Waals surface area contributed by atoms with Crippen LogP contribution < -0.4 is 0 Å². The van der Waals surface area contributed by atoms with Crippen LogP contribution in [0.3, 0.4) is 0 Å². The Morgan fingerprint density at radius 2 is 1.79 bits per heavy atom. The van der Waals surface area contributed by atoms with Crippen LogP contribution in [0.15, 0.2) is 0 Å². The molecule has 1 aliphatic heterocycles. The summed E-state index contributed by atoms with van der Waals surface area (Å²) in [6.45, 7) is 6.54. The SMILES string of the molecule is CCC1CCN(CC2CCCCC2)C1. The normalized spacial score (nSPS) is 31.1. The molecule has 82 valence electrons. The Hall–Kier alpha value is -0.0400. The Morgan fingerprint density at radius 1 is 1.00 bits per heavy atom. The number of hydrogen-bond donors (Lipinski definition) is 0. The van der Waals surface area contributed by atoms with Crippen LogP contribution in [0.25, 0.3) is 0 Å². The smallest absolute Gasteiger partial charge is 0.00101 e. The lowest BCUT2D eigenvalue weighted by atomic mass is 9.89. The molecule has 14 heavy (non-hydrogen) atoms. The topological polar surface area (TPSA) is 3.24 Å². The molecule has 0 amide bonds. The largest absolute Gasteiger partial charge is 0.303 e. The highest BCUT2D eigenvalue weighted by Crippen LogP contribution is 2.27. The second-order valence-corrected chi connectivity index (χ2v) is 5.33. The third-order valence-corrected chi connectivity index (χ3v) is 4.19. The summed E-state index contributed by atoms with van der Waals surface area (Å²) >= 11 is 0. The zero-order valence-electron chi connectivity index (χ0n) is 9.67. The van der Waals surface area contributed by atoms with Gasteiger partial charge in [-0.05, 0) is 37.6 Å². The Morgan fingerprint density at radius 3 is 2.43 bits per heavy atom. The van der Waals surface area contributed by atoms with E-state index in [1.807, 2.05) is 0 Å². The summed E-state index contributed by atoms with van der Waals surface area (Å²) in [6.07, 6.45) is 10.4. The molecule has 0 radical (unpaired) electrons. The van der Waals surface area contributed by atoms with Gasteiger partial charge in [0, 0.05) is 13.1 Å². The molecule has 2 aliphatic rings. The van der Waals surface area contributed by atoms with Gasteiger partial charge in [-0.25, -0.2) is 0 Å².